The first-order valence-electron chi connectivity index (χ1n) is 48.3. The van der Waals surface area contributed by atoms with E-state index in [1.54, 1.807) is 177 Å². The van der Waals surface area contributed by atoms with Crippen molar-refractivity contribution >= 4 is 105 Å². The molecule has 32 heteroatoms. The lowest BCUT2D eigenvalue weighted by Gasteiger charge is -2.41. The molecule has 7 aromatic rings. The van der Waals surface area contributed by atoms with Crippen molar-refractivity contribution in [3.8, 4) is 5.75 Å². The summed E-state index contributed by atoms with van der Waals surface area (Å²) < 4.78 is 19.1. The van der Waals surface area contributed by atoms with E-state index >= 15 is 43.2 Å². The standard InChI is InChI=1S/C108H145N13O17S2/c1-22-139-140-88-58-44-45-72(10)94(88)136-90(123)66-83(102(131)117(18)86(65-78-50-34-25-35-51-78)98(127)110-74(12)101(130)121-59-42-29-43-60-121)113-96(125)82(63-76-46-30-23-31-47-76)112-100(129)93(71(8)9)120(21)103(132)87(62-69(4)5)116(17)89(122)67-109-97(126)85(64-77-48-32-24-33-49-77)119(20)105(134)92(75(13)137-108(79-52-36-26-37-53-79,80-54-38-27-39-55-80)81-56-40-28-41-57-81)115-99(128)84(61-68(2)3)118(19)104(133)91(70(6)7)114-95(124)73(11)111-106(135)138-107(14,15)16/h23-28,30-41,44-58,68-71,73-75,82-87,91-93H,22,29,42-43,59-67H2,1-21H3,(H,109,126)(H,110,127)(H,111,135)(H,112,129)(H,113,125)(H,114,124)(H,115,128)/t73-,74-,75+,82-,83-,84-,85-,86-,87-,91-,92-,93-/m0/s1. The van der Waals surface area contributed by atoms with Crippen LogP contribution in [0.4, 0.5) is 4.79 Å². The summed E-state index contributed by atoms with van der Waals surface area (Å²) in [5.41, 5.74) is 1.96. The second kappa shape index (κ2) is 53.8. The molecule has 30 nitrogen and oxygen atoms in total. The zero-order valence-corrected chi connectivity index (χ0v) is 86.6. The number of carbonyl (C=O) groups is 14. The van der Waals surface area contributed by atoms with Gasteiger partial charge in [-0.25, -0.2) is 4.79 Å². The van der Waals surface area contributed by atoms with E-state index < -0.39 is 186 Å². The van der Waals surface area contributed by atoms with Crippen molar-refractivity contribution in [3.05, 3.63) is 239 Å². The van der Waals surface area contributed by atoms with Gasteiger partial charge in [0.05, 0.1) is 24.0 Å². The highest BCUT2D eigenvalue weighted by molar-refractivity contribution is 8.76. The molecule has 0 radical (unpaired) electrons. The zero-order valence-electron chi connectivity index (χ0n) is 84.9. The SMILES string of the molecule is CCSSc1cccc(C)c1OC(=O)C[C@H](NC(=O)[C@H](Cc1ccccc1)NC(=O)[C@H](C(C)C)N(C)C(=O)[C@H](CC(C)C)N(C)C(=O)CNC(=O)[C@H](Cc1ccccc1)N(C)C(=O)[C@@H](NC(=O)[C@H](CC(C)C)N(C)C(=O)[C@@H](NC(=O)[C@H](C)NC(=O)OC(C)(C)C)C(C)C)[C@@H](C)OC(c1ccccc1)(c1ccccc1)c1ccccc1)C(=O)N(C)[C@@H](Cc1ccccc1)C(=O)N[C@@H](C)C(=O)N1CCCCC1. The fourth-order valence-corrected chi connectivity index (χ4v) is 18.9. The van der Waals surface area contributed by atoms with Crippen LogP contribution in [0.1, 0.15) is 181 Å². The Balaban J connectivity index is 1.11. The maximum absolute atomic E-state index is 16.5. The zero-order chi connectivity index (χ0) is 103. The Hall–Kier alpha value is -12.4. The minimum atomic E-state index is -1.77. The minimum absolute atomic E-state index is 0.0367. The Labute approximate surface area is 834 Å². The summed E-state index contributed by atoms with van der Waals surface area (Å²) in [5, 5.41) is 19.7. The van der Waals surface area contributed by atoms with Gasteiger partial charge in [-0.05, 0) is 149 Å². The van der Waals surface area contributed by atoms with Crippen LogP contribution in [-0.4, -0.2) is 251 Å². The summed E-state index contributed by atoms with van der Waals surface area (Å²) in [6, 6.07) is 44.7. The number of hydrogen-bond donors (Lipinski definition) is 7. The maximum atomic E-state index is 16.5. The van der Waals surface area contributed by atoms with E-state index in [4.69, 9.17) is 14.2 Å². The lowest BCUT2D eigenvalue weighted by molar-refractivity contribution is -0.151. The molecule has 1 heterocycles. The number of nitrogens with one attached hydrogen (secondary N) is 7. The van der Waals surface area contributed by atoms with E-state index in [-0.39, 0.29) is 55.6 Å². The van der Waals surface area contributed by atoms with Gasteiger partial charge >= 0.3 is 12.1 Å². The number of amides is 13. The molecule has 8 rings (SSSR count). The Bertz CT molecular complexity index is 5190. The fourth-order valence-electron chi connectivity index (χ4n) is 17.1. The number of likely N-dealkylation sites (N-methyl/N-ethyl adjacent to an activating group) is 5. The van der Waals surface area contributed by atoms with Crippen molar-refractivity contribution in [2.45, 2.75) is 257 Å². The molecule has 1 aliphatic rings. The lowest BCUT2D eigenvalue weighted by Crippen LogP contribution is -2.63. The van der Waals surface area contributed by atoms with E-state index in [1.807, 2.05) is 132 Å². The molecule has 0 bridgehead atoms. The van der Waals surface area contributed by atoms with Gasteiger partial charge < -0.3 is 80.8 Å². The second-order valence-corrected chi connectivity index (χ2v) is 41.2. The number of alkyl carbamates (subject to hydrolysis) is 1. The molecule has 0 saturated carbocycles. The van der Waals surface area contributed by atoms with Crippen LogP contribution >= 0.6 is 21.6 Å². The topological polar surface area (TPSA) is 370 Å². The van der Waals surface area contributed by atoms with Gasteiger partial charge in [0.1, 0.15) is 83.4 Å². The number of piperidine rings is 1. The molecular weight excluding hydrogens is 1820 g/mol. The van der Waals surface area contributed by atoms with Crippen molar-refractivity contribution in [2.24, 2.45) is 23.7 Å². The van der Waals surface area contributed by atoms with Gasteiger partial charge in [-0.15, -0.1) is 0 Å². The number of esters is 1. The third-order valence-electron chi connectivity index (χ3n) is 24.8. The van der Waals surface area contributed by atoms with Crippen molar-refractivity contribution in [1.29, 1.82) is 0 Å². The van der Waals surface area contributed by atoms with Crippen LogP contribution in [0.3, 0.4) is 0 Å². The number of rotatable bonds is 48. The van der Waals surface area contributed by atoms with Crippen molar-refractivity contribution in [2.75, 3.05) is 60.6 Å². The number of ether oxygens (including phenoxy) is 3. The number of carbonyl (C=O) groups excluding carboxylic acids is 14. The molecule has 140 heavy (non-hydrogen) atoms. The van der Waals surface area contributed by atoms with Gasteiger partial charge in [-0.2, -0.15) is 0 Å². The number of hydrogen-bond acceptors (Lipinski definition) is 19. The molecule has 1 saturated heterocycles. The maximum Gasteiger partial charge on any atom is 0.408 e. The molecule has 13 amide bonds. The summed E-state index contributed by atoms with van der Waals surface area (Å²) in [6.45, 7) is 28.0. The predicted octanol–water partition coefficient (Wildman–Crippen LogP) is 12.2. The summed E-state index contributed by atoms with van der Waals surface area (Å²) >= 11 is 0. The van der Waals surface area contributed by atoms with Crippen molar-refractivity contribution in [3.63, 3.8) is 0 Å². The van der Waals surface area contributed by atoms with Gasteiger partial charge in [0, 0.05) is 73.3 Å². The van der Waals surface area contributed by atoms with Crippen LogP contribution in [0.5, 0.6) is 5.75 Å². The third-order valence-corrected chi connectivity index (χ3v) is 27.2. The van der Waals surface area contributed by atoms with Crippen LogP contribution in [0, 0.1) is 30.6 Å². The Morgan fingerprint density at radius 2 is 0.871 bits per heavy atom. The number of likely N-dealkylation sites (tertiary alicyclic amines) is 1. The minimum Gasteiger partial charge on any atom is -0.444 e. The molecule has 0 spiro atoms. The molecule has 0 aromatic heterocycles. The highest BCUT2D eigenvalue weighted by Gasteiger charge is 2.48. The van der Waals surface area contributed by atoms with Crippen LogP contribution in [0.15, 0.2) is 205 Å². The van der Waals surface area contributed by atoms with E-state index in [0.717, 1.165) is 29.9 Å². The highest BCUT2D eigenvalue weighted by Crippen LogP contribution is 2.43. The van der Waals surface area contributed by atoms with Gasteiger partial charge in [-0.3, -0.25) is 62.3 Å². The van der Waals surface area contributed by atoms with E-state index in [0.29, 0.717) is 56.9 Å². The number of benzene rings is 7. The normalized spacial score (nSPS) is 14.8. The molecule has 1 aliphatic heterocycles. The summed E-state index contributed by atoms with van der Waals surface area (Å²) in [5.74, 6) is -10.6. The van der Waals surface area contributed by atoms with Crippen LogP contribution in [0.2, 0.25) is 0 Å². The van der Waals surface area contributed by atoms with E-state index in [2.05, 4.69) is 37.2 Å². The third kappa shape index (κ3) is 32.1. The molecule has 7 N–H and O–H groups in total. The first-order valence-corrected chi connectivity index (χ1v) is 50.7. The van der Waals surface area contributed by atoms with Gasteiger partial charge in [0.15, 0.2) is 0 Å². The largest absolute Gasteiger partial charge is 0.444 e. The highest BCUT2D eigenvalue weighted by atomic mass is 33.1. The van der Waals surface area contributed by atoms with Crippen LogP contribution in [-0.2, 0) is 96.7 Å². The molecule has 0 unspecified atom stereocenters. The van der Waals surface area contributed by atoms with Gasteiger partial charge in [0.25, 0.3) is 0 Å². The molecule has 1 fully saturated rings. The molecule has 756 valence electrons. The average Bonchev–Trinajstić information content (AvgIpc) is 0.746. The summed E-state index contributed by atoms with van der Waals surface area (Å²) in [4.78, 5) is 219. The Morgan fingerprint density at radius 3 is 1.36 bits per heavy atom. The van der Waals surface area contributed by atoms with Crippen molar-refractivity contribution < 1.29 is 81.3 Å². The first kappa shape index (κ1) is 113. The first-order chi connectivity index (χ1) is 66.4. The van der Waals surface area contributed by atoms with Crippen LogP contribution in [0.25, 0.3) is 0 Å². The second-order valence-electron chi connectivity index (χ2n) is 38.6. The lowest BCUT2D eigenvalue weighted by atomic mass is 9.79. The smallest absolute Gasteiger partial charge is 0.408 e. The fraction of sp³-hybridized carbons (Fsp3) is 0.481. The van der Waals surface area contributed by atoms with Crippen LogP contribution < -0.4 is 42.0 Å². The van der Waals surface area contributed by atoms with E-state index in [9.17, 15) is 24.0 Å². The van der Waals surface area contributed by atoms with Gasteiger partial charge in [0.2, 0.25) is 70.9 Å². The Morgan fingerprint density at radius 1 is 0.421 bits per heavy atom. The molecule has 7 aromatic carbocycles. The van der Waals surface area contributed by atoms with E-state index in [1.165, 1.54) is 83.3 Å². The van der Waals surface area contributed by atoms with Crippen molar-refractivity contribution in [1.82, 2.24) is 66.6 Å². The average molecular weight is 1960 g/mol. The Kier molecular flexibility index (Phi) is 43.4. The number of para-hydroxylation sites is 1. The molecular formula is C108H145N13O17S2. The number of nitrogens with zero attached hydrogens (tertiary/aromatic N) is 6. The molecule has 12 atom stereocenters. The summed E-state index contributed by atoms with van der Waals surface area (Å²) in [7, 11) is 9.93. The molecule has 0 aliphatic carbocycles. The van der Waals surface area contributed by atoms with Gasteiger partial charge in [-0.1, -0.05) is 278 Å². The predicted molar refractivity (Wildman–Crippen MR) is 545 cm³/mol. The quantitative estimate of drug-likeness (QED) is 0.00806. The summed E-state index contributed by atoms with van der Waals surface area (Å²) in [6.07, 6.45) is -0.687. The monoisotopic (exact) mass is 1960 g/mol. The number of aryl methyl sites for hydroxylation is 1.